The van der Waals surface area contributed by atoms with Gasteiger partial charge in [-0.05, 0) is 32.4 Å². The van der Waals surface area contributed by atoms with Crippen LogP contribution in [0.2, 0.25) is 0 Å². The standard InChI is InChI=1S/C17H28N2O2S/c1-4-7-8-12-15-17(19(5-2)6-3)18-22(20,21)16-13-10-9-11-14-16/h9-11,13-14H,4-8,12,15H2,1-3H3/b18-17+. The van der Waals surface area contributed by atoms with Crippen molar-refractivity contribution in [3.63, 3.8) is 0 Å². The van der Waals surface area contributed by atoms with Crippen LogP contribution in [0.25, 0.3) is 0 Å². The van der Waals surface area contributed by atoms with Gasteiger partial charge in [0.2, 0.25) is 0 Å². The zero-order valence-electron chi connectivity index (χ0n) is 14.0. The van der Waals surface area contributed by atoms with Crippen molar-refractivity contribution in [1.82, 2.24) is 4.90 Å². The van der Waals surface area contributed by atoms with Crippen LogP contribution < -0.4 is 0 Å². The van der Waals surface area contributed by atoms with Crippen molar-refractivity contribution in [1.29, 1.82) is 0 Å². The molecule has 0 aliphatic carbocycles. The van der Waals surface area contributed by atoms with Crippen LogP contribution in [-0.4, -0.2) is 32.2 Å². The zero-order chi connectivity index (χ0) is 16.4. The van der Waals surface area contributed by atoms with Gasteiger partial charge >= 0.3 is 0 Å². The van der Waals surface area contributed by atoms with Gasteiger partial charge in [-0.25, -0.2) is 0 Å². The van der Waals surface area contributed by atoms with Crippen molar-refractivity contribution >= 4 is 15.9 Å². The van der Waals surface area contributed by atoms with Crippen LogP contribution in [0.1, 0.15) is 52.9 Å². The van der Waals surface area contributed by atoms with Crippen molar-refractivity contribution in [2.24, 2.45) is 4.40 Å². The highest BCUT2D eigenvalue weighted by Crippen LogP contribution is 2.15. The van der Waals surface area contributed by atoms with E-state index >= 15 is 0 Å². The number of hydrogen-bond acceptors (Lipinski definition) is 2. The van der Waals surface area contributed by atoms with Crippen LogP contribution in [0, 0.1) is 0 Å². The number of hydrogen-bond donors (Lipinski definition) is 0. The van der Waals surface area contributed by atoms with Crippen molar-refractivity contribution < 1.29 is 8.42 Å². The maximum atomic E-state index is 12.5. The molecule has 4 nitrogen and oxygen atoms in total. The lowest BCUT2D eigenvalue weighted by molar-refractivity contribution is 0.451. The van der Waals surface area contributed by atoms with E-state index in [0.29, 0.717) is 12.3 Å². The van der Waals surface area contributed by atoms with Gasteiger partial charge in [0.05, 0.1) is 4.90 Å². The minimum Gasteiger partial charge on any atom is -0.360 e. The normalized spacial score (nSPS) is 12.4. The van der Waals surface area contributed by atoms with Gasteiger partial charge in [-0.2, -0.15) is 8.42 Å². The minimum absolute atomic E-state index is 0.258. The molecule has 0 aliphatic heterocycles. The Morgan fingerprint density at radius 2 is 1.64 bits per heavy atom. The molecule has 1 aromatic rings. The van der Waals surface area contributed by atoms with E-state index in [1.54, 1.807) is 30.3 Å². The summed E-state index contributed by atoms with van der Waals surface area (Å²) in [6.07, 6.45) is 5.15. The summed E-state index contributed by atoms with van der Waals surface area (Å²) in [4.78, 5) is 2.29. The Bertz CT molecular complexity index is 549. The van der Waals surface area contributed by atoms with E-state index in [2.05, 4.69) is 11.3 Å². The fraction of sp³-hybridized carbons (Fsp3) is 0.588. The highest BCUT2D eigenvalue weighted by Gasteiger charge is 2.16. The van der Waals surface area contributed by atoms with Crippen LogP contribution >= 0.6 is 0 Å². The second-order valence-corrected chi connectivity index (χ2v) is 6.88. The van der Waals surface area contributed by atoms with E-state index in [1.165, 1.54) is 12.8 Å². The first-order valence-corrected chi connectivity index (χ1v) is 9.63. The lowest BCUT2D eigenvalue weighted by atomic mass is 10.1. The third kappa shape index (κ3) is 5.79. The van der Waals surface area contributed by atoms with Gasteiger partial charge in [-0.15, -0.1) is 4.40 Å². The summed E-state index contributed by atoms with van der Waals surface area (Å²) < 4.78 is 29.0. The first-order chi connectivity index (χ1) is 10.5. The average Bonchev–Trinajstić information content (AvgIpc) is 2.53. The van der Waals surface area contributed by atoms with Crippen LogP contribution in [-0.2, 0) is 10.0 Å². The Kier molecular flexibility index (Phi) is 8.17. The molecule has 0 radical (unpaired) electrons. The third-order valence-corrected chi connectivity index (χ3v) is 4.97. The molecular formula is C17H28N2O2S. The summed E-state index contributed by atoms with van der Waals surface area (Å²) in [5.41, 5.74) is 0. The molecule has 0 unspecified atom stereocenters. The first kappa shape index (κ1) is 18.7. The monoisotopic (exact) mass is 324 g/mol. The molecule has 1 aromatic carbocycles. The topological polar surface area (TPSA) is 49.7 Å². The van der Waals surface area contributed by atoms with E-state index in [9.17, 15) is 8.42 Å². The molecular weight excluding hydrogens is 296 g/mol. The minimum atomic E-state index is -3.62. The van der Waals surface area contributed by atoms with E-state index in [0.717, 1.165) is 25.9 Å². The predicted octanol–water partition coefficient (Wildman–Crippen LogP) is 4.09. The van der Waals surface area contributed by atoms with E-state index in [-0.39, 0.29) is 4.90 Å². The number of unbranched alkanes of at least 4 members (excludes halogenated alkanes) is 3. The highest BCUT2D eigenvalue weighted by molar-refractivity contribution is 7.90. The number of amidine groups is 1. The lowest BCUT2D eigenvalue weighted by Gasteiger charge is -2.23. The van der Waals surface area contributed by atoms with Gasteiger partial charge in [0.1, 0.15) is 5.84 Å². The summed E-state index contributed by atoms with van der Waals surface area (Å²) in [6.45, 7) is 7.76. The van der Waals surface area contributed by atoms with Gasteiger partial charge in [0.15, 0.2) is 0 Å². The molecule has 0 saturated heterocycles. The molecule has 0 atom stereocenters. The number of sulfonamides is 1. The quantitative estimate of drug-likeness (QED) is 0.390. The highest BCUT2D eigenvalue weighted by atomic mass is 32.2. The molecule has 124 valence electrons. The summed E-state index contributed by atoms with van der Waals surface area (Å²) in [6, 6.07) is 8.44. The number of nitrogens with zero attached hydrogens (tertiary/aromatic N) is 2. The third-order valence-electron chi connectivity index (χ3n) is 3.65. The number of benzene rings is 1. The summed E-state index contributed by atoms with van der Waals surface area (Å²) in [7, 11) is -3.62. The Hall–Kier alpha value is -1.36. The molecule has 0 N–H and O–H groups in total. The maximum absolute atomic E-state index is 12.5. The Morgan fingerprint density at radius 1 is 1.00 bits per heavy atom. The van der Waals surface area contributed by atoms with Gasteiger partial charge < -0.3 is 4.90 Å². The fourth-order valence-corrected chi connectivity index (χ4v) is 3.43. The van der Waals surface area contributed by atoms with Gasteiger partial charge in [-0.3, -0.25) is 0 Å². The Balaban J connectivity index is 2.98. The smallest absolute Gasteiger partial charge is 0.283 e. The van der Waals surface area contributed by atoms with Gasteiger partial charge in [-0.1, -0.05) is 44.4 Å². The maximum Gasteiger partial charge on any atom is 0.283 e. The summed E-state index contributed by atoms with van der Waals surface area (Å²) in [5, 5.41) is 0. The second kappa shape index (κ2) is 9.62. The van der Waals surface area contributed by atoms with Gasteiger partial charge in [0, 0.05) is 19.5 Å². The lowest BCUT2D eigenvalue weighted by Crippen LogP contribution is -2.31. The van der Waals surface area contributed by atoms with Crippen molar-refractivity contribution in [3.05, 3.63) is 30.3 Å². The average molecular weight is 324 g/mol. The SMILES string of the molecule is CCCCCC/C(=N\S(=O)(=O)c1ccccc1)N(CC)CC. The summed E-state index contributed by atoms with van der Waals surface area (Å²) in [5.74, 6) is 0.685. The van der Waals surface area contributed by atoms with E-state index in [1.807, 2.05) is 18.7 Å². The van der Waals surface area contributed by atoms with E-state index < -0.39 is 10.0 Å². The summed E-state index contributed by atoms with van der Waals surface area (Å²) >= 11 is 0. The molecule has 22 heavy (non-hydrogen) atoms. The molecule has 0 fully saturated rings. The molecule has 0 aliphatic rings. The first-order valence-electron chi connectivity index (χ1n) is 8.19. The second-order valence-electron chi connectivity index (χ2n) is 5.28. The van der Waals surface area contributed by atoms with Crippen molar-refractivity contribution in [3.8, 4) is 0 Å². The van der Waals surface area contributed by atoms with Gasteiger partial charge in [0.25, 0.3) is 10.0 Å². The van der Waals surface area contributed by atoms with Crippen molar-refractivity contribution in [2.75, 3.05) is 13.1 Å². The predicted molar refractivity (Wildman–Crippen MR) is 92.7 cm³/mol. The van der Waals surface area contributed by atoms with Crippen LogP contribution in [0.5, 0.6) is 0 Å². The van der Waals surface area contributed by atoms with Crippen LogP contribution in [0.15, 0.2) is 39.6 Å². The molecule has 5 heteroatoms. The molecule has 0 bridgehead atoms. The molecule has 0 saturated carbocycles. The largest absolute Gasteiger partial charge is 0.360 e. The molecule has 0 spiro atoms. The molecule has 1 rings (SSSR count). The zero-order valence-corrected chi connectivity index (χ0v) is 14.8. The Labute approximate surface area is 135 Å². The van der Waals surface area contributed by atoms with Crippen molar-refractivity contribution in [2.45, 2.75) is 57.8 Å². The molecule has 0 amide bonds. The number of rotatable bonds is 9. The Morgan fingerprint density at radius 3 is 2.18 bits per heavy atom. The fourth-order valence-electron chi connectivity index (χ4n) is 2.34. The molecule has 0 aromatic heterocycles. The van der Waals surface area contributed by atoms with Crippen LogP contribution in [0.3, 0.4) is 0 Å². The van der Waals surface area contributed by atoms with E-state index in [4.69, 9.17) is 0 Å². The van der Waals surface area contributed by atoms with Crippen LogP contribution in [0.4, 0.5) is 0 Å². The molecule has 0 heterocycles.